The Hall–Kier alpha value is -0.870. The lowest BCUT2D eigenvalue weighted by atomic mass is 9.94. The first kappa shape index (κ1) is 13.6. The van der Waals surface area contributed by atoms with Crippen LogP contribution in [0.4, 0.5) is 0 Å². The van der Waals surface area contributed by atoms with Crippen molar-refractivity contribution in [3.63, 3.8) is 0 Å². The van der Waals surface area contributed by atoms with Crippen molar-refractivity contribution in [2.24, 2.45) is 7.05 Å². The van der Waals surface area contributed by atoms with Crippen LogP contribution in [0, 0.1) is 0 Å². The van der Waals surface area contributed by atoms with Crippen LogP contribution in [0.1, 0.15) is 39.7 Å². The Morgan fingerprint density at radius 3 is 2.67 bits per heavy atom. The highest BCUT2D eigenvalue weighted by molar-refractivity contribution is 5.05. The predicted octanol–water partition coefficient (Wildman–Crippen LogP) is 1.90. The molecular formula is C14H25N3O. The van der Waals surface area contributed by atoms with E-state index >= 15 is 0 Å². The van der Waals surface area contributed by atoms with E-state index in [-0.39, 0.29) is 11.2 Å². The van der Waals surface area contributed by atoms with Crippen molar-refractivity contribution in [2.45, 2.75) is 57.8 Å². The quantitative estimate of drug-likeness (QED) is 0.888. The van der Waals surface area contributed by atoms with Gasteiger partial charge in [-0.25, -0.2) is 0 Å². The zero-order valence-corrected chi connectivity index (χ0v) is 12.2. The molecule has 18 heavy (non-hydrogen) atoms. The first-order chi connectivity index (χ1) is 8.28. The van der Waals surface area contributed by atoms with Gasteiger partial charge in [-0.2, -0.15) is 5.10 Å². The van der Waals surface area contributed by atoms with Crippen LogP contribution in [0.2, 0.25) is 0 Å². The van der Waals surface area contributed by atoms with E-state index in [4.69, 9.17) is 4.74 Å². The second-order valence-corrected chi connectivity index (χ2v) is 6.45. The molecule has 2 rings (SSSR count). The SMILES string of the molecule is Cn1cc(CCNC2CC(C)(C)OC2(C)C)cn1. The van der Waals surface area contributed by atoms with Gasteiger partial charge in [-0.3, -0.25) is 4.68 Å². The van der Waals surface area contributed by atoms with Gasteiger partial charge in [-0.15, -0.1) is 0 Å². The molecule has 4 nitrogen and oxygen atoms in total. The summed E-state index contributed by atoms with van der Waals surface area (Å²) in [5.41, 5.74) is 1.18. The van der Waals surface area contributed by atoms with Gasteiger partial charge in [0.1, 0.15) is 0 Å². The van der Waals surface area contributed by atoms with Crippen molar-refractivity contribution in [2.75, 3.05) is 6.54 Å². The monoisotopic (exact) mass is 251 g/mol. The summed E-state index contributed by atoms with van der Waals surface area (Å²) in [7, 11) is 1.95. The first-order valence-electron chi connectivity index (χ1n) is 6.70. The molecule has 4 heteroatoms. The smallest absolute Gasteiger partial charge is 0.0787 e. The minimum absolute atomic E-state index is 0.0184. The molecule has 102 valence electrons. The summed E-state index contributed by atoms with van der Waals surface area (Å²) in [6.45, 7) is 9.64. The van der Waals surface area contributed by atoms with Crippen LogP contribution in [0.3, 0.4) is 0 Å². The van der Waals surface area contributed by atoms with E-state index in [9.17, 15) is 0 Å². The summed E-state index contributed by atoms with van der Waals surface area (Å²) in [5.74, 6) is 0. The highest BCUT2D eigenvalue weighted by atomic mass is 16.5. The second-order valence-electron chi connectivity index (χ2n) is 6.45. The number of rotatable bonds is 4. The van der Waals surface area contributed by atoms with Gasteiger partial charge in [0.25, 0.3) is 0 Å². The molecule has 0 bridgehead atoms. The van der Waals surface area contributed by atoms with Crippen LogP contribution in [-0.4, -0.2) is 33.6 Å². The molecule has 1 fully saturated rings. The summed E-state index contributed by atoms with van der Waals surface area (Å²) >= 11 is 0. The van der Waals surface area contributed by atoms with E-state index in [1.807, 2.05) is 17.9 Å². The fourth-order valence-electron chi connectivity index (χ4n) is 2.87. The molecule has 1 aliphatic rings. The highest BCUT2D eigenvalue weighted by Crippen LogP contribution is 2.37. The summed E-state index contributed by atoms with van der Waals surface area (Å²) in [6, 6.07) is 0.421. The normalized spacial score (nSPS) is 25.5. The van der Waals surface area contributed by atoms with E-state index < -0.39 is 0 Å². The number of aromatic nitrogens is 2. The minimum Gasteiger partial charge on any atom is -0.368 e. The summed E-state index contributed by atoms with van der Waals surface area (Å²) in [4.78, 5) is 0. The molecule has 0 saturated carbocycles. The van der Waals surface area contributed by atoms with Gasteiger partial charge >= 0.3 is 0 Å². The first-order valence-corrected chi connectivity index (χ1v) is 6.70. The molecule has 0 aromatic carbocycles. The van der Waals surface area contributed by atoms with E-state index in [2.05, 4.69) is 44.3 Å². The van der Waals surface area contributed by atoms with E-state index in [1.54, 1.807) is 0 Å². The van der Waals surface area contributed by atoms with Gasteiger partial charge in [-0.1, -0.05) is 0 Å². The minimum atomic E-state index is -0.0849. The maximum atomic E-state index is 6.08. The molecule has 0 amide bonds. The maximum absolute atomic E-state index is 6.08. The number of aryl methyl sites for hydroxylation is 1. The number of hydrogen-bond acceptors (Lipinski definition) is 3. The fraction of sp³-hybridized carbons (Fsp3) is 0.786. The number of hydrogen-bond donors (Lipinski definition) is 1. The fourth-order valence-corrected chi connectivity index (χ4v) is 2.87. The molecule has 1 N–H and O–H groups in total. The topological polar surface area (TPSA) is 39.1 Å². The van der Waals surface area contributed by atoms with Gasteiger partial charge in [0.2, 0.25) is 0 Å². The van der Waals surface area contributed by atoms with Crippen molar-refractivity contribution in [3.8, 4) is 0 Å². The molecule has 1 atom stereocenters. The third kappa shape index (κ3) is 3.12. The average molecular weight is 251 g/mol. The molecule has 1 aliphatic heterocycles. The summed E-state index contributed by atoms with van der Waals surface area (Å²) in [5, 5.41) is 7.81. The van der Waals surface area contributed by atoms with Crippen molar-refractivity contribution in [1.82, 2.24) is 15.1 Å². The van der Waals surface area contributed by atoms with Gasteiger partial charge in [-0.05, 0) is 52.6 Å². The van der Waals surface area contributed by atoms with Gasteiger partial charge in [0.15, 0.2) is 0 Å². The van der Waals surface area contributed by atoms with Crippen molar-refractivity contribution in [1.29, 1.82) is 0 Å². The van der Waals surface area contributed by atoms with Gasteiger partial charge < -0.3 is 10.1 Å². The lowest BCUT2D eigenvalue weighted by Crippen LogP contribution is -2.44. The number of ether oxygens (including phenoxy) is 1. The summed E-state index contributed by atoms with van der Waals surface area (Å²) in [6.07, 6.45) is 6.08. The van der Waals surface area contributed by atoms with Crippen LogP contribution >= 0.6 is 0 Å². The Balaban J connectivity index is 1.83. The largest absolute Gasteiger partial charge is 0.368 e. The van der Waals surface area contributed by atoms with Gasteiger partial charge in [0.05, 0.1) is 17.4 Å². The van der Waals surface area contributed by atoms with Gasteiger partial charge in [0, 0.05) is 19.3 Å². The van der Waals surface area contributed by atoms with E-state index in [0.717, 1.165) is 19.4 Å². The molecule has 0 radical (unpaired) electrons. The molecule has 0 aliphatic carbocycles. The predicted molar refractivity (Wildman–Crippen MR) is 72.6 cm³/mol. The molecule has 1 aromatic heterocycles. The van der Waals surface area contributed by atoms with Crippen molar-refractivity contribution < 1.29 is 4.74 Å². The Morgan fingerprint density at radius 1 is 1.44 bits per heavy atom. The van der Waals surface area contributed by atoms with E-state index in [1.165, 1.54) is 5.56 Å². The van der Waals surface area contributed by atoms with E-state index in [0.29, 0.717) is 6.04 Å². The van der Waals surface area contributed by atoms with Crippen LogP contribution in [0.25, 0.3) is 0 Å². The molecule has 0 spiro atoms. The lowest BCUT2D eigenvalue weighted by molar-refractivity contribution is -0.0697. The summed E-state index contributed by atoms with van der Waals surface area (Å²) < 4.78 is 7.92. The lowest BCUT2D eigenvalue weighted by Gasteiger charge is -2.27. The highest BCUT2D eigenvalue weighted by Gasteiger charge is 2.45. The zero-order chi connectivity index (χ0) is 13.4. The van der Waals surface area contributed by atoms with Crippen LogP contribution < -0.4 is 5.32 Å². The molecule has 1 aromatic rings. The molecule has 2 heterocycles. The zero-order valence-electron chi connectivity index (χ0n) is 12.2. The molecule has 1 unspecified atom stereocenters. The Labute approximate surface area is 110 Å². The van der Waals surface area contributed by atoms with Crippen LogP contribution in [0.5, 0.6) is 0 Å². The second kappa shape index (κ2) is 4.67. The third-order valence-electron chi connectivity index (χ3n) is 3.64. The van der Waals surface area contributed by atoms with Crippen molar-refractivity contribution >= 4 is 0 Å². The van der Waals surface area contributed by atoms with Crippen molar-refractivity contribution in [3.05, 3.63) is 18.0 Å². The number of nitrogens with zero attached hydrogens (tertiary/aromatic N) is 2. The van der Waals surface area contributed by atoms with Crippen LogP contribution in [-0.2, 0) is 18.2 Å². The third-order valence-corrected chi connectivity index (χ3v) is 3.64. The van der Waals surface area contributed by atoms with Crippen LogP contribution in [0.15, 0.2) is 12.4 Å². The maximum Gasteiger partial charge on any atom is 0.0787 e. The Kier molecular flexibility index (Phi) is 3.52. The Bertz CT molecular complexity index is 409. The Morgan fingerprint density at radius 2 is 2.17 bits per heavy atom. The molecular weight excluding hydrogens is 226 g/mol. The number of nitrogens with one attached hydrogen (secondary N) is 1. The standard InChI is InChI=1S/C14H25N3O/c1-13(2)8-12(14(3,4)18-13)15-7-6-11-9-16-17(5)10-11/h9-10,12,15H,6-8H2,1-5H3. The average Bonchev–Trinajstić information content (AvgIpc) is 2.68. The molecule has 1 saturated heterocycles.